The van der Waals surface area contributed by atoms with Crippen LogP contribution in [0.1, 0.15) is 6.42 Å². The lowest BCUT2D eigenvalue weighted by molar-refractivity contribution is -0.969. The highest BCUT2D eigenvalue weighted by Gasteiger charge is 2.69. The fraction of sp³-hybridized carbons (Fsp3) is 1.00. The topological polar surface area (TPSA) is 129 Å². The van der Waals surface area contributed by atoms with E-state index < -0.39 is 27.0 Å². The van der Waals surface area contributed by atoms with Crippen LogP contribution < -0.4 is 0 Å². The smallest absolute Gasteiger partial charge is 0.253 e. The Morgan fingerprint density at radius 3 is 1.38 bits per heavy atom. The Bertz CT molecular complexity index is 217. The van der Waals surface area contributed by atoms with Gasteiger partial charge in [-0.1, -0.05) is 15.9 Å². The summed E-state index contributed by atoms with van der Waals surface area (Å²) in [5.74, 6) is -3.33. The van der Waals surface area contributed by atoms with Crippen molar-refractivity contribution in [2.45, 2.75) is 12.2 Å². The molecule has 0 aromatic heterocycles. The molecule has 0 amide bonds. The maximum atomic E-state index is 10.2. The summed E-state index contributed by atoms with van der Waals surface area (Å²) in [5, 5.41) is 30.4. The van der Waals surface area contributed by atoms with E-state index in [2.05, 4.69) is 15.9 Å². The molecule has 0 spiro atoms. The molecule has 0 aromatic rings. The van der Waals surface area contributed by atoms with Gasteiger partial charge in [0.25, 0.3) is 0 Å². The summed E-state index contributed by atoms with van der Waals surface area (Å²) in [6, 6.07) is 0. The van der Waals surface area contributed by atoms with Crippen molar-refractivity contribution in [3.05, 3.63) is 30.3 Å². The first-order valence-electron chi connectivity index (χ1n) is 2.89. The second kappa shape index (κ2) is 4.07. The Hall–Kier alpha value is -1.32. The van der Waals surface area contributed by atoms with Crippen LogP contribution in [0.2, 0.25) is 0 Å². The van der Waals surface area contributed by atoms with Crippen molar-refractivity contribution in [1.29, 1.82) is 0 Å². The van der Waals surface area contributed by atoms with Gasteiger partial charge in [0.05, 0.1) is 0 Å². The van der Waals surface area contributed by atoms with Gasteiger partial charge in [0, 0.05) is 5.33 Å². The van der Waals surface area contributed by atoms with Crippen molar-refractivity contribution in [1.82, 2.24) is 0 Å². The average Bonchev–Trinajstić information content (AvgIpc) is 1.97. The molecule has 0 aromatic carbocycles. The summed E-state index contributed by atoms with van der Waals surface area (Å²) in [7, 11) is 0. The first-order chi connectivity index (χ1) is 5.89. The maximum Gasteiger partial charge on any atom is 0.700 e. The number of nitro groups is 3. The number of alkyl halides is 1. The van der Waals surface area contributed by atoms with Crippen molar-refractivity contribution >= 4 is 15.9 Å². The third kappa shape index (κ3) is 1.88. The van der Waals surface area contributed by atoms with Gasteiger partial charge in [-0.15, -0.1) is 0 Å². The molecule has 0 fully saturated rings. The Labute approximate surface area is 79.3 Å². The van der Waals surface area contributed by atoms with Crippen LogP contribution in [0.25, 0.3) is 0 Å². The molecule has 0 aliphatic carbocycles. The first-order valence-corrected chi connectivity index (χ1v) is 4.01. The van der Waals surface area contributed by atoms with E-state index in [1.54, 1.807) is 0 Å². The average molecular weight is 258 g/mol. The summed E-state index contributed by atoms with van der Waals surface area (Å²) in [6.45, 7) is 0. The van der Waals surface area contributed by atoms with Gasteiger partial charge in [-0.25, -0.2) is 0 Å². The summed E-state index contributed by atoms with van der Waals surface area (Å²) in [6.07, 6.45) is -0.806. The minimum Gasteiger partial charge on any atom is -0.253 e. The molecule has 0 N–H and O–H groups in total. The highest BCUT2D eigenvalue weighted by molar-refractivity contribution is 9.09. The van der Waals surface area contributed by atoms with Crippen molar-refractivity contribution in [3.8, 4) is 0 Å². The molecule has 9 nitrogen and oxygen atoms in total. The van der Waals surface area contributed by atoms with Gasteiger partial charge < -0.3 is 0 Å². The molecule has 0 aliphatic heterocycles. The third-order valence-corrected chi connectivity index (χ3v) is 1.70. The monoisotopic (exact) mass is 257 g/mol. The van der Waals surface area contributed by atoms with Crippen LogP contribution in [0.15, 0.2) is 0 Å². The molecule has 0 aliphatic rings. The van der Waals surface area contributed by atoms with Gasteiger partial charge >= 0.3 is 5.79 Å². The maximum absolute atomic E-state index is 10.2. The first kappa shape index (κ1) is 11.7. The zero-order valence-corrected chi connectivity index (χ0v) is 7.67. The van der Waals surface area contributed by atoms with Crippen LogP contribution in [-0.2, 0) is 0 Å². The molecule has 0 saturated heterocycles. The molecule has 0 saturated carbocycles. The van der Waals surface area contributed by atoms with Gasteiger partial charge in [0.2, 0.25) is 0 Å². The second-order valence-corrected chi connectivity index (χ2v) is 2.78. The molecule has 0 bridgehead atoms. The van der Waals surface area contributed by atoms with E-state index in [0.717, 1.165) is 0 Å². The summed E-state index contributed by atoms with van der Waals surface area (Å²) in [4.78, 5) is 26.1. The molecular formula is C3H4BrN3O6. The molecule has 0 heterocycles. The largest absolute Gasteiger partial charge is 0.700 e. The molecule has 0 unspecified atom stereocenters. The zero-order chi connectivity index (χ0) is 10.6. The van der Waals surface area contributed by atoms with Crippen LogP contribution in [-0.4, -0.2) is 25.9 Å². The fourth-order valence-corrected chi connectivity index (χ4v) is 1.13. The lowest BCUT2D eigenvalue weighted by atomic mass is 10.3. The van der Waals surface area contributed by atoms with Crippen molar-refractivity contribution in [3.63, 3.8) is 0 Å². The van der Waals surface area contributed by atoms with E-state index in [-0.39, 0.29) is 5.33 Å². The molecule has 10 heteroatoms. The number of nitrogens with zero attached hydrogens (tertiary/aromatic N) is 3. The Morgan fingerprint density at radius 1 is 1.00 bits per heavy atom. The van der Waals surface area contributed by atoms with E-state index in [1.807, 2.05) is 0 Å². The summed E-state index contributed by atoms with van der Waals surface area (Å²) >= 11 is 2.68. The number of rotatable bonds is 5. The number of hydrogen-bond acceptors (Lipinski definition) is 6. The van der Waals surface area contributed by atoms with Crippen LogP contribution in [0.4, 0.5) is 0 Å². The van der Waals surface area contributed by atoms with Gasteiger partial charge in [-0.3, -0.25) is 30.3 Å². The summed E-state index contributed by atoms with van der Waals surface area (Å²) in [5.41, 5.74) is 0. The predicted octanol–water partition coefficient (Wildman–Crippen LogP) is 0.255. The van der Waals surface area contributed by atoms with Crippen LogP contribution in [0.3, 0.4) is 0 Å². The standard InChI is InChI=1S/C3H4BrN3O6/c4-2-1-3(5(8)9,6(10)11)7(12)13/h1-2H2. The Kier molecular flexibility index (Phi) is 3.66. The van der Waals surface area contributed by atoms with Crippen LogP contribution in [0, 0.1) is 30.3 Å². The normalized spacial score (nSPS) is 10.8. The van der Waals surface area contributed by atoms with Gasteiger partial charge in [0.15, 0.2) is 21.2 Å². The SMILES string of the molecule is O=[N+]([O-])C(CCBr)([N+](=O)[O-])[N+](=O)[O-]. The third-order valence-electron chi connectivity index (χ3n) is 1.31. The fourth-order valence-electron chi connectivity index (χ4n) is 0.601. The molecule has 74 valence electrons. The van der Waals surface area contributed by atoms with Crippen molar-refractivity contribution in [2.24, 2.45) is 0 Å². The number of hydrogen-bond donors (Lipinski definition) is 0. The van der Waals surface area contributed by atoms with Crippen LogP contribution in [0.5, 0.6) is 0 Å². The minimum atomic E-state index is -3.33. The highest BCUT2D eigenvalue weighted by Crippen LogP contribution is 2.17. The summed E-state index contributed by atoms with van der Waals surface area (Å²) < 4.78 is 0. The lowest BCUT2D eigenvalue weighted by Crippen LogP contribution is -2.53. The molecular weight excluding hydrogens is 254 g/mol. The molecule has 13 heavy (non-hydrogen) atoms. The molecule has 0 atom stereocenters. The van der Waals surface area contributed by atoms with Crippen molar-refractivity contribution in [2.75, 3.05) is 5.33 Å². The van der Waals surface area contributed by atoms with E-state index in [4.69, 9.17) is 0 Å². The van der Waals surface area contributed by atoms with Gasteiger partial charge in [-0.05, 0) is 0 Å². The second-order valence-electron chi connectivity index (χ2n) is 1.98. The van der Waals surface area contributed by atoms with E-state index in [9.17, 15) is 30.3 Å². The van der Waals surface area contributed by atoms with Crippen LogP contribution >= 0.6 is 15.9 Å². The number of halogens is 1. The quantitative estimate of drug-likeness (QED) is 0.300. The highest BCUT2D eigenvalue weighted by atomic mass is 79.9. The molecule has 0 rings (SSSR count). The van der Waals surface area contributed by atoms with Gasteiger partial charge in [-0.2, -0.15) is 0 Å². The van der Waals surface area contributed by atoms with E-state index in [1.165, 1.54) is 0 Å². The van der Waals surface area contributed by atoms with Crippen molar-refractivity contribution < 1.29 is 14.8 Å². The van der Waals surface area contributed by atoms with E-state index >= 15 is 0 Å². The minimum absolute atomic E-state index is 0.198. The van der Waals surface area contributed by atoms with E-state index in [0.29, 0.717) is 0 Å². The molecule has 0 radical (unpaired) electrons. The Morgan fingerprint density at radius 2 is 1.31 bits per heavy atom. The van der Waals surface area contributed by atoms with Gasteiger partial charge in [0.1, 0.15) is 0 Å². The zero-order valence-electron chi connectivity index (χ0n) is 6.08. The Balaban J connectivity index is 5.18. The predicted molar refractivity (Wildman–Crippen MR) is 42.1 cm³/mol. The lowest BCUT2D eigenvalue weighted by Gasteiger charge is -2.06.